The number of carbonyl (C=O) groups excluding carboxylic acids is 1. The van der Waals surface area contributed by atoms with Gasteiger partial charge in [-0.25, -0.2) is 0 Å². The largest absolute Gasteiger partial charge is 0.508 e. The summed E-state index contributed by atoms with van der Waals surface area (Å²) in [5.41, 5.74) is 3.76. The van der Waals surface area contributed by atoms with Crippen LogP contribution in [0.15, 0.2) is 78.9 Å². The Labute approximate surface area is 157 Å². The van der Waals surface area contributed by atoms with Crippen LogP contribution in [0.4, 0.5) is 0 Å². The standard InChI is InChI=1S/C24H18O3/c1-16-13-19-14-17(15-25)7-12-22(19)24(23(16)18-5-3-2-4-6-18)27-21-10-8-20(26)9-11-21/h2-15,26H,1H3. The van der Waals surface area contributed by atoms with E-state index >= 15 is 0 Å². The number of hydrogen-bond donors (Lipinski definition) is 1. The highest BCUT2D eigenvalue weighted by molar-refractivity contribution is 5.99. The second kappa shape index (κ2) is 6.96. The maximum atomic E-state index is 11.2. The van der Waals surface area contributed by atoms with E-state index in [1.54, 1.807) is 30.3 Å². The first-order chi connectivity index (χ1) is 13.2. The number of aromatic hydroxyl groups is 1. The number of phenolic OH excluding ortho intramolecular Hbond substituents is 1. The van der Waals surface area contributed by atoms with Crippen molar-refractivity contribution in [1.29, 1.82) is 0 Å². The minimum atomic E-state index is 0.190. The highest BCUT2D eigenvalue weighted by Crippen LogP contribution is 2.42. The van der Waals surface area contributed by atoms with E-state index in [4.69, 9.17) is 4.74 Å². The third-order valence-corrected chi connectivity index (χ3v) is 4.57. The third kappa shape index (κ3) is 3.27. The molecule has 3 nitrogen and oxygen atoms in total. The molecule has 0 saturated heterocycles. The van der Waals surface area contributed by atoms with Crippen LogP contribution in [-0.2, 0) is 0 Å². The van der Waals surface area contributed by atoms with Crippen molar-refractivity contribution >= 4 is 17.1 Å². The smallest absolute Gasteiger partial charge is 0.150 e. The van der Waals surface area contributed by atoms with Crippen LogP contribution in [0.25, 0.3) is 21.9 Å². The van der Waals surface area contributed by atoms with Gasteiger partial charge >= 0.3 is 0 Å². The predicted octanol–water partition coefficient (Wildman–Crippen LogP) is 6.13. The molecule has 0 aromatic heterocycles. The number of rotatable bonds is 4. The van der Waals surface area contributed by atoms with Crippen LogP contribution in [0.2, 0.25) is 0 Å². The van der Waals surface area contributed by atoms with Gasteiger partial charge in [0, 0.05) is 16.5 Å². The molecule has 1 N–H and O–H groups in total. The number of hydrogen-bond acceptors (Lipinski definition) is 3. The maximum Gasteiger partial charge on any atom is 0.150 e. The molecule has 0 aliphatic carbocycles. The minimum absolute atomic E-state index is 0.190. The van der Waals surface area contributed by atoms with Gasteiger partial charge in [-0.2, -0.15) is 0 Å². The van der Waals surface area contributed by atoms with E-state index in [1.165, 1.54) is 0 Å². The molecule has 4 rings (SSSR count). The number of phenols is 1. The Balaban J connectivity index is 1.98. The monoisotopic (exact) mass is 354 g/mol. The Morgan fingerprint density at radius 1 is 0.889 bits per heavy atom. The fraction of sp³-hybridized carbons (Fsp3) is 0.0417. The lowest BCUT2D eigenvalue weighted by Gasteiger charge is -2.17. The molecule has 0 radical (unpaired) electrons. The van der Waals surface area contributed by atoms with E-state index < -0.39 is 0 Å². The van der Waals surface area contributed by atoms with Crippen LogP contribution in [0.3, 0.4) is 0 Å². The van der Waals surface area contributed by atoms with Crippen molar-refractivity contribution in [3.8, 4) is 28.4 Å². The number of aldehydes is 1. The average Bonchev–Trinajstić information content (AvgIpc) is 2.70. The topological polar surface area (TPSA) is 46.5 Å². The number of ether oxygens (including phenoxy) is 1. The lowest BCUT2D eigenvalue weighted by Crippen LogP contribution is -1.94. The number of aryl methyl sites for hydroxylation is 1. The highest BCUT2D eigenvalue weighted by Gasteiger charge is 2.16. The summed E-state index contributed by atoms with van der Waals surface area (Å²) in [6.45, 7) is 2.04. The number of carbonyl (C=O) groups is 1. The Morgan fingerprint density at radius 2 is 1.63 bits per heavy atom. The lowest BCUT2D eigenvalue weighted by atomic mass is 9.94. The SMILES string of the molecule is Cc1cc2cc(C=O)ccc2c(Oc2ccc(O)cc2)c1-c1ccccc1. The molecular formula is C24H18O3. The normalized spacial score (nSPS) is 10.7. The van der Waals surface area contributed by atoms with E-state index in [2.05, 4.69) is 18.2 Å². The van der Waals surface area contributed by atoms with Crippen LogP contribution < -0.4 is 4.74 Å². The maximum absolute atomic E-state index is 11.2. The van der Waals surface area contributed by atoms with E-state index in [-0.39, 0.29) is 5.75 Å². The molecule has 0 aliphatic heterocycles. The molecule has 0 heterocycles. The summed E-state index contributed by atoms with van der Waals surface area (Å²) in [6.07, 6.45) is 0.848. The predicted molar refractivity (Wildman–Crippen MR) is 108 cm³/mol. The molecule has 0 amide bonds. The first-order valence-electron chi connectivity index (χ1n) is 8.70. The Hall–Kier alpha value is -3.59. The summed E-state index contributed by atoms with van der Waals surface area (Å²) in [7, 11) is 0. The first kappa shape index (κ1) is 16.9. The van der Waals surface area contributed by atoms with Gasteiger partial charge in [0.05, 0.1) is 0 Å². The van der Waals surface area contributed by atoms with Gasteiger partial charge in [0.1, 0.15) is 23.5 Å². The summed E-state index contributed by atoms with van der Waals surface area (Å²) in [5, 5.41) is 11.4. The van der Waals surface area contributed by atoms with E-state index in [0.717, 1.165) is 39.5 Å². The van der Waals surface area contributed by atoms with Crippen molar-refractivity contribution in [3.63, 3.8) is 0 Å². The summed E-state index contributed by atoms with van der Waals surface area (Å²) in [5.74, 6) is 1.56. The molecule has 0 aliphatic rings. The molecule has 0 atom stereocenters. The fourth-order valence-electron chi connectivity index (χ4n) is 3.30. The molecule has 0 spiro atoms. The van der Waals surface area contributed by atoms with Gasteiger partial charge in [-0.1, -0.05) is 42.5 Å². The first-order valence-corrected chi connectivity index (χ1v) is 8.70. The van der Waals surface area contributed by atoms with Crippen LogP contribution in [0.5, 0.6) is 17.2 Å². The van der Waals surface area contributed by atoms with Crippen molar-refractivity contribution in [2.24, 2.45) is 0 Å². The molecule has 3 heteroatoms. The summed E-state index contributed by atoms with van der Waals surface area (Å²) < 4.78 is 6.29. The van der Waals surface area contributed by atoms with Gasteiger partial charge in [0.2, 0.25) is 0 Å². The Morgan fingerprint density at radius 3 is 2.33 bits per heavy atom. The average molecular weight is 354 g/mol. The molecule has 132 valence electrons. The van der Waals surface area contributed by atoms with Crippen LogP contribution in [-0.4, -0.2) is 11.4 Å². The molecular weight excluding hydrogens is 336 g/mol. The zero-order valence-electron chi connectivity index (χ0n) is 14.8. The lowest BCUT2D eigenvalue weighted by molar-refractivity contribution is 0.112. The molecule has 4 aromatic carbocycles. The van der Waals surface area contributed by atoms with E-state index in [1.807, 2.05) is 37.3 Å². The summed E-state index contributed by atoms with van der Waals surface area (Å²) in [6, 6.07) is 24.4. The zero-order valence-corrected chi connectivity index (χ0v) is 14.8. The van der Waals surface area contributed by atoms with Crippen molar-refractivity contribution in [3.05, 3.63) is 90.0 Å². The van der Waals surface area contributed by atoms with Crippen LogP contribution in [0.1, 0.15) is 15.9 Å². The summed E-state index contributed by atoms with van der Waals surface area (Å²) >= 11 is 0. The van der Waals surface area contributed by atoms with Crippen molar-refractivity contribution in [1.82, 2.24) is 0 Å². The van der Waals surface area contributed by atoms with Gasteiger partial charge in [-0.3, -0.25) is 4.79 Å². The van der Waals surface area contributed by atoms with Gasteiger partial charge in [-0.05, 0) is 59.8 Å². The van der Waals surface area contributed by atoms with Crippen molar-refractivity contribution in [2.75, 3.05) is 0 Å². The molecule has 27 heavy (non-hydrogen) atoms. The summed E-state index contributed by atoms with van der Waals surface area (Å²) in [4.78, 5) is 11.2. The minimum Gasteiger partial charge on any atom is -0.508 e. The Bertz CT molecular complexity index is 1110. The highest BCUT2D eigenvalue weighted by atomic mass is 16.5. The van der Waals surface area contributed by atoms with Gasteiger partial charge in [0.15, 0.2) is 0 Å². The zero-order chi connectivity index (χ0) is 18.8. The Kier molecular flexibility index (Phi) is 4.35. The van der Waals surface area contributed by atoms with Crippen molar-refractivity contribution < 1.29 is 14.6 Å². The van der Waals surface area contributed by atoms with E-state index in [0.29, 0.717) is 11.3 Å². The van der Waals surface area contributed by atoms with Crippen LogP contribution >= 0.6 is 0 Å². The quantitative estimate of drug-likeness (QED) is 0.449. The van der Waals surface area contributed by atoms with E-state index in [9.17, 15) is 9.90 Å². The third-order valence-electron chi connectivity index (χ3n) is 4.57. The van der Waals surface area contributed by atoms with Gasteiger partial charge < -0.3 is 9.84 Å². The second-order valence-corrected chi connectivity index (χ2v) is 6.46. The molecule has 0 saturated carbocycles. The van der Waals surface area contributed by atoms with Crippen LogP contribution in [0, 0.1) is 6.92 Å². The fourth-order valence-corrected chi connectivity index (χ4v) is 3.30. The van der Waals surface area contributed by atoms with Gasteiger partial charge in [0.25, 0.3) is 0 Å². The second-order valence-electron chi connectivity index (χ2n) is 6.46. The number of fused-ring (bicyclic) bond motifs is 1. The molecule has 4 aromatic rings. The van der Waals surface area contributed by atoms with Crippen molar-refractivity contribution in [2.45, 2.75) is 6.92 Å². The molecule has 0 bridgehead atoms. The number of benzene rings is 4. The molecule has 0 fully saturated rings. The van der Waals surface area contributed by atoms with Gasteiger partial charge in [-0.15, -0.1) is 0 Å². The molecule has 0 unspecified atom stereocenters.